The third-order valence-electron chi connectivity index (χ3n) is 5.37. The van der Waals surface area contributed by atoms with Crippen LogP contribution in [0.2, 0.25) is 5.02 Å². The molecule has 150 valence electrons. The van der Waals surface area contributed by atoms with Crippen LogP contribution in [0, 0.1) is 0 Å². The van der Waals surface area contributed by atoms with Gasteiger partial charge in [0.1, 0.15) is 5.00 Å². The number of nitrogens with one attached hydrogen (secondary N) is 1. The fourth-order valence-corrected chi connectivity index (χ4v) is 5.16. The number of benzene rings is 1. The highest BCUT2D eigenvalue weighted by molar-refractivity contribution is 7.16. The number of primary amides is 1. The maximum atomic E-state index is 12.2. The van der Waals surface area contributed by atoms with Gasteiger partial charge in [-0.2, -0.15) is 0 Å². The zero-order chi connectivity index (χ0) is 20.7. The Morgan fingerprint density at radius 2 is 1.97 bits per heavy atom. The Hall–Kier alpha value is -2.48. The van der Waals surface area contributed by atoms with E-state index in [9.17, 15) is 14.4 Å². The van der Waals surface area contributed by atoms with Crippen molar-refractivity contribution in [3.8, 4) is 0 Å². The molecule has 0 unspecified atom stereocenters. The van der Waals surface area contributed by atoms with Crippen molar-refractivity contribution in [3.63, 3.8) is 0 Å². The molecule has 4 rings (SSSR count). The first-order valence-electron chi connectivity index (χ1n) is 9.39. The monoisotopic (exact) mass is 429 g/mol. The largest absolute Gasteiger partial charge is 0.365 e. The molecule has 0 spiro atoms. The Bertz CT molecular complexity index is 1160. The molecule has 6 nitrogen and oxygen atoms in total. The Labute approximate surface area is 176 Å². The molecule has 3 aromatic rings. The minimum Gasteiger partial charge on any atom is -0.365 e. The van der Waals surface area contributed by atoms with Crippen LogP contribution < -0.4 is 21.9 Å². The van der Waals surface area contributed by atoms with Gasteiger partial charge < -0.3 is 11.1 Å². The molecule has 0 saturated carbocycles. The normalized spacial score (nSPS) is 14.1. The average Bonchev–Trinajstić information content (AvgIpc) is 3.08. The summed E-state index contributed by atoms with van der Waals surface area (Å²) < 4.78 is 0. The molecular weight excluding hydrogens is 410 g/mol. The second-order valence-electron chi connectivity index (χ2n) is 7.13. The van der Waals surface area contributed by atoms with Crippen LogP contribution in [0.4, 0.5) is 10.7 Å². The summed E-state index contributed by atoms with van der Waals surface area (Å²) in [6.07, 6.45) is 1.06. The molecule has 1 aromatic heterocycles. The number of carbonyl (C=O) groups is 1. The van der Waals surface area contributed by atoms with Crippen LogP contribution in [-0.2, 0) is 19.4 Å². The van der Waals surface area contributed by atoms with Gasteiger partial charge in [-0.3, -0.25) is 19.3 Å². The van der Waals surface area contributed by atoms with E-state index >= 15 is 0 Å². The first kappa shape index (κ1) is 19.8. The van der Waals surface area contributed by atoms with Crippen LogP contribution in [0.3, 0.4) is 0 Å². The number of hydrogen-bond donors (Lipinski definition) is 2. The number of nitrogens with two attached hydrogens (primary N) is 1. The summed E-state index contributed by atoms with van der Waals surface area (Å²) in [7, 11) is 0. The Morgan fingerprint density at radius 3 is 2.62 bits per heavy atom. The lowest BCUT2D eigenvalue weighted by Gasteiger charge is -2.25. The fourth-order valence-electron chi connectivity index (χ4n) is 3.73. The zero-order valence-electron chi connectivity index (χ0n) is 15.9. The number of nitrogens with zero attached hydrogens (tertiary/aromatic N) is 1. The van der Waals surface area contributed by atoms with Crippen molar-refractivity contribution >= 4 is 39.5 Å². The summed E-state index contributed by atoms with van der Waals surface area (Å²) in [5.74, 6) is -0.520. The first-order chi connectivity index (χ1) is 13.9. The molecule has 1 aliphatic rings. The summed E-state index contributed by atoms with van der Waals surface area (Å²) in [4.78, 5) is 39.9. The van der Waals surface area contributed by atoms with Crippen molar-refractivity contribution in [2.24, 2.45) is 5.73 Å². The molecular formula is C21H20ClN3O3S. The zero-order valence-corrected chi connectivity index (χ0v) is 17.5. The standard InChI is InChI=1S/C21H20ClN3O3S/c1-2-25-8-7-13-15(10-25)29-21(16(13)20(23)28)24-17-14(18(26)19(17)27)9-11-3-5-12(22)6-4-11/h3-6,24H,2,7-10H2,1H3,(H2,23,28). The molecule has 2 heterocycles. The molecule has 2 aromatic carbocycles. The SMILES string of the molecule is CCN1CCc2c(sc(Nc3c(Cc4ccc(Cl)cc4)c(=O)c3=O)c2C(N)=O)C1. The van der Waals surface area contributed by atoms with Gasteiger partial charge in [-0.15, -0.1) is 11.3 Å². The number of likely N-dealkylation sites (N-methyl/N-ethyl adjacent to an activating group) is 1. The maximum Gasteiger partial charge on any atom is 0.251 e. The fraction of sp³-hybridized carbons (Fsp3) is 0.286. The van der Waals surface area contributed by atoms with Crippen LogP contribution in [-0.4, -0.2) is 23.9 Å². The number of halogens is 1. The Balaban J connectivity index is 1.67. The second kappa shape index (κ2) is 7.74. The lowest BCUT2D eigenvalue weighted by Crippen LogP contribution is -2.38. The minimum absolute atomic E-state index is 0.249. The molecule has 0 atom stereocenters. The minimum atomic E-state index is -0.564. The topological polar surface area (TPSA) is 92.5 Å². The van der Waals surface area contributed by atoms with Crippen molar-refractivity contribution in [1.82, 2.24) is 4.90 Å². The predicted octanol–water partition coefficient (Wildman–Crippen LogP) is 2.81. The lowest BCUT2D eigenvalue weighted by atomic mass is 9.98. The van der Waals surface area contributed by atoms with Gasteiger partial charge in [-0.1, -0.05) is 30.7 Å². The summed E-state index contributed by atoms with van der Waals surface area (Å²) in [6, 6.07) is 7.13. The number of fused-ring (bicyclic) bond motifs is 1. The van der Waals surface area contributed by atoms with Gasteiger partial charge in [-0.25, -0.2) is 0 Å². The van der Waals surface area contributed by atoms with E-state index in [4.69, 9.17) is 17.3 Å². The van der Waals surface area contributed by atoms with Gasteiger partial charge in [0.15, 0.2) is 0 Å². The number of anilines is 2. The van der Waals surface area contributed by atoms with Gasteiger partial charge in [0.2, 0.25) is 10.9 Å². The first-order valence-corrected chi connectivity index (χ1v) is 10.6. The summed E-state index contributed by atoms with van der Waals surface area (Å²) >= 11 is 7.34. The molecule has 0 saturated heterocycles. The Kier molecular flexibility index (Phi) is 5.29. The Morgan fingerprint density at radius 1 is 1.24 bits per heavy atom. The summed E-state index contributed by atoms with van der Waals surface area (Å²) in [5, 5.41) is 4.21. The number of thiophene rings is 1. The highest BCUT2D eigenvalue weighted by Crippen LogP contribution is 2.38. The molecule has 0 fully saturated rings. The summed E-state index contributed by atoms with van der Waals surface area (Å²) in [5.41, 5.74) is 7.52. The van der Waals surface area contributed by atoms with E-state index in [0.717, 1.165) is 42.1 Å². The van der Waals surface area contributed by atoms with E-state index in [1.807, 2.05) is 12.1 Å². The van der Waals surface area contributed by atoms with E-state index in [-0.39, 0.29) is 5.69 Å². The average molecular weight is 430 g/mol. The van der Waals surface area contributed by atoms with Crippen LogP contribution in [0.25, 0.3) is 0 Å². The number of amides is 1. The van der Waals surface area contributed by atoms with Crippen molar-refractivity contribution < 1.29 is 4.79 Å². The molecule has 0 bridgehead atoms. The van der Waals surface area contributed by atoms with Crippen molar-refractivity contribution in [1.29, 1.82) is 0 Å². The molecule has 1 amide bonds. The predicted molar refractivity (Wildman–Crippen MR) is 116 cm³/mol. The molecule has 29 heavy (non-hydrogen) atoms. The van der Waals surface area contributed by atoms with Crippen LogP contribution in [0.5, 0.6) is 0 Å². The number of carbonyl (C=O) groups excluding carboxylic acids is 1. The molecule has 0 radical (unpaired) electrons. The smallest absolute Gasteiger partial charge is 0.251 e. The van der Waals surface area contributed by atoms with Crippen molar-refractivity contribution in [2.75, 3.05) is 18.4 Å². The van der Waals surface area contributed by atoms with Gasteiger partial charge in [-0.05, 0) is 36.2 Å². The van der Waals surface area contributed by atoms with E-state index in [1.165, 1.54) is 11.3 Å². The number of rotatable bonds is 6. The highest BCUT2D eigenvalue weighted by Gasteiger charge is 2.29. The van der Waals surface area contributed by atoms with Crippen molar-refractivity contribution in [2.45, 2.75) is 26.3 Å². The van der Waals surface area contributed by atoms with E-state index in [2.05, 4.69) is 17.1 Å². The lowest BCUT2D eigenvalue weighted by molar-refractivity contribution is 0.1000. The van der Waals surface area contributed by atoms with Gasteiger partial charge in [0, 0.05) is 35.0 Å². The maximum absolute atomic E-state index is 12.2. The van der Waals surface area contributed by atoms with E-state index < -0.39 is 16.8 Å². The molecule has 3 N–H and O–H groups in total. The van der Waals surface area contributed by atoms with Gasteiger partial charge in [0.05, 0.1) is 11.3 Å². The highest BCUT2D eigenvalue weighted by atomic mass is 35.5. The second-order valence-corrected chi connectivity index (χ2v) is 8.67. The van der Waals surface area contributed by atoms with E-state index in [1.54, 1.807) is 12.1 Å². The third-order valence-corrected chi connectivity index (χ3v) is 6.76. The molecule has 1 aliphatic heterocycles. The van der Waals surface area contributed by atoms with Gasteiger partial charge in [0.25, 0.3) is 5.91 Å². The van der Waals surface area contributed by atoms with Crippen LogP contribution >= 0.6 is 22.9 Å². The van der Waals surface area contributed by atoms with Crippen LogP contribution in [0.1, 0.15) is 38.8 Å². The quantitative estimate of drug-likeness (QED) is 0.588. The summed E-state index contributed by atoms with van der Waals surface area (Å²) in [6.45, 7) is 4.64. The van der Waals surface area contributed by atoms with Crippen LogP contribution in [0.15, 0.2) is 33.9 Å². The van der Waals surface area contributed by atoms with Gasteiger partial charge >= 0.3 is 0 Å². The third kappa shape index (κ3) is 3.61. The molecule has 8 heteroatoms. The molecule has 0 aliphatic carbocycles. The van der Waals surface area contributed by atoms with Crippen molar-refractivity contribution in [3.05, 3.63) is 76.9 Å². The number of hydrogen-bond acceptors (Lipinski definition) is 6. The van der Waals surface area contributed by atoms with E-state index in [0.29, 0.717) is 27.6 Å².